The molecular formula is C28H23Cl2N3O3. The first-order chi connectivity index (χ1) is 17.5. The number of hydrogen-bond acceptors (Lipinski definition) is 4. The second kappa shape index (κ2) is 12.2. The quantitative estimate of drug-likeness (QED) is 0.210. The zero-order chi connectivity index (χ0) is 25.3. The molecule has 0 unspecified atom stereocenters. The second-order valence-corrected chi connectivity index (χ2v) is 8.72. The molecule has 0 aliphatic carbocycles. The van der Waals surface area contributed by atoms with Crippen molar-refractivity contribution in [2.75, 3.05) is 6.54 Å². The van der Waals surface area contributed by atoms with Crippen molar-refractivity contribution in [2.45, 2.75) is 13.0 Å². The van der Waals surface area contributed by atoms with Crippen LogP contribution in [0, 0.1) is 0 Å². The van der Waals surface area contributed by atoms with Gasteiger partial charge >= 0.3 is 0 Å². The van der Waals surface area contributed by atoms with E-state index in [0.29, 0.717) is 22.9 Å². The van der Waals surface area contributed by atoms with Crippen LogP contribution in [-0.2, 0) is 11.4 Å². The van der Waals surface area contributed by atoms with Gasteiger partial charge in [0.15, 0.2) is 0 Å². The van der Waals surface area contributed by atoms with Crippen molar-refractivity contribution in [3.8, 4) is 5.75 Å². The highest BCUT2D eigenvalue weighted by Gasteiger charge is 2.10. The van der Waals surface area contributed by atoms with E-state index < -0.39 is 0 Å². The van der Waals surface area contributed by atoms with E-state index in [2.05, 4.69) is 15.8 Å². The number of nitrogens with zero attached hydrogens (tertiary/aromatic N) is 1. The summed E-state index contributed by atoms with van der Waals surface area (Å²) >= 11 is 11.8. The first kappa shape index (κ1) is 25.2. The third-order valence-electron chi connectivity index (χ3n) is 5.37. The van der Waals surface area contributed by atoms with E-state index in [1.54, 1.807) is 18.3 Å². The van der Waals surface area contributed by atoms with Crippen molar-refractivity contribution < 1.29 is 14.3 Å². The standard InChI is InChI=1S/C28H23Cl2N3O3/c29-24-12-10-21(16-25(24)30)28(35)31-15-14-27(34)33-32-17-23-22-9-5-4-8-20(22)11-13-26(23)36-18-19-6-2-1-3-7-19/h1-13,16-17H,14-15,18H2,(H,31,35)(H,33,34). The Balaban J connectivity index is 1.37. The highest BCUT2D eigenvalue weighted by Crippen LogP contribution is 2.27. The number of nitrogens with one attached hydrogen (secondary N) is 2. The van der Waals surface area contributed by atoms with E-state index in [1.807, 2.05) is 66.7 Å². The molecule has 6 nitrogen and oxygen atoms in total. The van der Waals surface area contributed by atoms with E-state index in [1.165, 1.54) is 6.07 Å². The van der Waals surface area contributed by atoms with Crippen LogP contribution in [0.15, 0.2) is 90.0 Å². The number of amides is 2. The minimum Gasteiger partial charge on any atom is -0.488 e. The van der Waals surface area contributed by atoms with Gasteiger partial charge in [0.25, 0.3) is 5.91 Å². The summed E-state index contributed by atoms with van der Waals surface area (Å²) < 4.78 is 6.07. The van der Waals surface area contributed by atoms with Crippen LogP contribution < -0.4 is 15.5 Å². The van der Waals surface area contributed by atoms with Crippen molar-refractivity contribution in [3.05, 3.63) is 112 Å². The Bertz CT molecular complexity index is 1410. The molecule has 8 heteroatoms. The molecule has 36 heavy (non-hydrogen) atoms. The van der Waals surface area contributed by atoms with E-state index in [4.69, 9.17) is 27.9 Å². The summed E-state index contributed by atoms with van der Waals surface area (Å²) in [6.45, 7) is 0.547. The summed E-state index contributed by atoms with van der Waals surface area (Å²) in [5.41, 5.74) is 4.68. The SMILES string of the molecule is O=C(CCNC(=O)c1ccc(Cl)c(Cl)c1)NN=Cc1c(OCc2ccccc2)ccc2ccccc12. The third kappa shape index (κ3) is 6.62. The predicted molar refractivity (Wildman–Crippen MR) is 144 cm³/mol. The summed E-state index contributed by atoms with van der Waals surface area (Å²) in [6, 6.07) is 26.2. The number of hydrogen-bond donors (Lipinski definition) is 2. The molecule has 0 heterocycles. The second-order valence-electron chi connectivity index (χ2n) is 7.90. The van der Waals surface area contributed by atoms with E-state index in [0.717, 1.165) is 21.9 Å². The first-order valence-electron chi connectivity index (χ1n) is 11.2. The fourth-order valence-corrected chi connectivity index (χ4v) is 3.82. The zero-order valence-electron chi connectivity index (χ0n) is 19.2. The molecule has 0 spiro atoms. The number of carbonyl (C=O) groups is 2. The maximum Gasteiger partial charge on any atom is 0.251 e. The summed E-state index contributed by atoms with van der Waals surface area (Å²) in [5.74, 6) is -0.0297. The molecule has 0 aliphatic heterocycles. The molecule has 2 N–H and O–H groups in total. The molecule has 0 aromatic heterocycles. The first-order valence-corrected chi connectivity index (χ1v) is 12.0. The van der Waals surface area contributed by atoms with Gasteiger partial charge in [-0.2, -0.15) is 5.10 Å². The number of hydrazone groups is 1. The average Bonchev–Trinajstić information content (AvgIpc) is 2.90. The number of rotatable bonds is 9. The Morgan fingerprint density at radius 3 is 2.47 bits per heavy atom. The van der Waals surface area contributed by atoms with Crippen molar-refractivity contribution in [3.63, 3.8) is 0 Å². The Labute approximate surface area is 218 Å². The fourth-order valence-electron chi connectivity index (χ4n) is 3.52. The van der Waals surface area contributed by atoms with E-state index >= 15 is 0 Å². The maximum atomic E-state index is 12.3. The van der Waals surface area contributed by atoms with Crippen LogP contribution in [0.4, 0.5) is 0 Å². The number of ether oxygens (including phenoxy) is 1. The fraction of sp³-hybridized carbons (Fsp3) is 0.107. The molecule has 4 aromatic rings. The van der Waals surface area contributed by atoms with Gasteiger partial charge in [-0.25, -0.2) is 5.43 Å². The highest BCUT2D eigenvalue weighted by molar-refractivity contribution is 6.42. The minimum atomic E-state index is -0.346. The summed E-state index contributed by atoms with van der Waals surface area (Å²) in [7, 11) is 0. The molecular weight excluding hydrogens is 497 g/mol. The lowest BCUT2D eigenvalue weighted by molar-refractivity contribution is -0.120. The normalized spacial score (nSPS) is 10.9. The van der Waals surface area contributed by atoms with Crippen LogP contribution in [0.25, 0.3) is 10.8 Å². The Hall–Kier alpha value is -3.87. The lowest BCUT2D eigenvalue weighted by Gasteiger charge is -2.12. The van der Waals surface area contributed by atoms with E-state index in [-0.39, 0.29) is 29.8 Å². The van der Waals surface area contributed by atoms with Crippen LogP contribution in [0.2, 0.25) is 10.0 Å². The topological polar surface area (TPSA) is 79.8 Å². The zero-order valence-corrected chi connectivity index (χ0v) is 20.7. The number of halogens is 2. The van der Waals surface area contributed by atoms with Crippen LogP contribution in [0.1, 0.15) is 27.9 Å². The van der Waals surface area contributed by atoms with Crippen molar-refractivity contribution in [2.24, 2.45) is 5.10 Å². The largest absolute Gasteiger partial charge is 0.488 e. The summed E-state index contributed by atoms with van der Waals surface area (Å²) in [5, 5.41) is 9.45. The van der Waals surface area contributed by atoms with Gasteiger partial charge in [-0.3, -0.25) is 9.59 Å². The van der Waals surface area contributed by atoms with Gasteiger partial charge in [0.1, 0.15) is 12.4 Å². The molecule has 0 saturated carbocycles. The molecule has 0 atom stereocenters. The maximum absolute atomic E-state index is 12.3. The monoisotopic (exact) mass is 519 g/mol. The molecule has 4 aromatic carbocycles. The van der Waals surface area contributed by atoms with Gasteiger partial charge in [0.05, 0.1) is 16.3 Å². The number of benzene rings is 4. The smallest absolute Gasteiger partial charge is 0.251 e. The lowest BCUT2D eigenvalue weighted by atomic mass is 10.0. The van der Waals surface area contributed by atoms with Gasteiger partial charge in [-0.05, 0) is 40.6 Å². The van der Waals surface area contributed by atoms with Gasteiger partial charge in [0, 0.05) is 24.1 Å². The van der Waals surface area contributed by atoms with Crippen LogP contribution in [0.3, 0.4) is 0 Å². The Morgan fingerprint density at radius 2 is 1.67 bits per heavy atom. The lowest BCUT2D eigenvalue weighted by Crippen LogP contribution is -2.29. The number of fused-ring (bicyclic) bond motifs is 1. The minimum absolute atomic E-state index is 0.0529. The Morgan fingerprint density at radius 1 is 0.889 bits per heavy atom. The van der Waals surface area contributed by atoms with E-state index in [9.17, 15) is 9.59 Å². The highest BCUT2D eigenvalue weighted by atomic mass is 35.5. The van der Waals surface area contributed by atoms with Crippen molar-refractivity contribution in [1.29, 1.82) is 0 Å². The molecule has 0 aliphatic rings. The molecule has 0 saturated heterocycles. The molecule has 0 fully saturated rings. The Kier molecular flexibility index (Phi) is 8.55. The van der Waals surface area contributed by atoms with Crippen LogP contribution in [0.5, 0.6) is 5.75 Å². The van der Waals surface area contributed by atoms with Crippen LogP contribution in [-0.4, -0.2) is 24.6 Å². The summed E-state index contributed by atoms with van der Waals surface area (Å²) in [4.78, 5) is 24.5. The van der Waals surface area contributed by atoms with Gasteiger partial charge in [-0.15, -0.1) is 0 Å². The molecule has 2 amide bonds. The molecule has 0 bridgehead atoms. The average molecular weight is 520 g/mol. The molecule has 182 valence electrons. The van der Waals surface area contributed by atoms with Crippen molar-refractivity contribution >= 4 is 52.0 Å². The third-order valence-corrected chi connectivity index (χ3v) is 6.11. The van der Waals surface area contributed by atoms with Gasteiger partial charge in [-0.1, -0.05) is 83.9 Å². The van der Waals surface area contributed by atoms with Crippen LogP contribution >= 0.6 is 23.2 Å². The molecule has 0 radical (unpaired) electrons. The number of carbonyl (C=O) groups excluding carboxylic acids is 2. The van der Waals surface area contributed by atoms with Gasteiger partial charge < -0.3 is 10.1 Å². The summed E-state index contributed by atoms with van der Waals surface area (Å²) in [6.07, 6.45) is 1.63. The molecule has 4 rings (SSSR count). The van der Waals surface area contributed by atoms with Gasteiger partial charge in [0.2, 0.25) is 5.91 Å². The van der Waals surface area contributed by atoms with Crippen molar-refractivity contribution in [1.82, 2.24) is 10.7 Å². The predicted octanol–water partition coefficient (Wildman–Crippen LogP) is 6.00.